The highest BCUT2D eigenvalue weighted by Gasteiger charge is 2.23. The smallest absolute Gasteiger partial charge is 0.130 e. The monoisotopic (exact) mass is 442 g/mol. The van der Waals surface area contributed by atoms with Crippen LogP contribution in [-0.4, -0.2) is 22.8 Å². The molecule has 0 amide bonds. The predicted octanol–water partition coefficient (Wildman–Crippen LogP) is 5.63. The highest BCUT2D eigenvalue weighted by atomic mass is 32.1. The lowest BCUT2D eigenvalue weighted by molar-refractivity contribution is -0.0467. The topological polar surface area (TPSA) is 75.4 Å². The average molecular weight is 443 g/mol. The van der Waals surface area contributed by atoms with Crippen LogP contribution in [0.5, 0.6) is 5.75 Å². The number of benzene rings is 2. The zero-order chi connectivity index (χ0) is 21.9. The number of aromatic nitrogens is 1. The third-order valence-corrected chi connectivity index (χ3v) is 6.37. The van der Waals surface area contributed by atoms with E-state index in [0.29, 0.717) is 31.6 Å². The van der Waals surface area contributed by atoms with Crippen molar-refractivity contribution >= 4 is 22.1 Å². The summed E-state index contributed by atoms with van der Waals surface area (Å²) >= 11 is 1.64. The molecule has 1 fully saturated rings. The molecule has 2 aromatic heterocycles. The van der Waals surface area contributed by atoms with Crippen molar-refractivity contribution in [3.05, 3.63) is 82.3 Å². The van der Waals surface area contributed by atoms with Crippen molar-refractivity contribution in [3.63, 3.8) is 0 Å². The van der Waals surface area contributed by atoms with Gasteiger partial charge in [0.2, 0.25) is 0 Å². The Bertz CT molecular complexity index is 1280. The summed E-state index contributed by atoms with van der Waals surface area (Å²) in [6, 6.07) is 19.9. The van der Waals surface area contributed by atoms with Gasteiger partial charge in [0, 0.05) is 13.0 Å². The van der Waals surface area contributed by atoms with Crippen LogP contribution in [0.15, 0.2) is 65.4 Å². The van der Waals surface area contributed by atoms with Crippen LogP contribution in [0.2, 0.25) is 0 Å². The number of fused-ring (bicyclic) bond motifs is 1. The van der Waals surface area contributed by atoms with Gasteiger partial charge in [0.15, 0.2) is 0 Å². The van der Waals surface area contributed by atoms with Gasteiger partial charge in [-0.15, -0.1) is 0 Å². The lowest BCUT2D eigenvalue weighted by Gasteiger charge is -2.26. The molecule has 3 heterocycles. The van der Waals surface area contributed by atoms with Crippen molar-refractivity contribution < 1.29 is 14.6 Å². The summed E-state index contributed by atoms with van der Waals surface area (Å²) in [7, 11) is 0. The number of nitrogens with zero attached hydrogens (tertiary/aromatic N) is 2. The second kappa shape index (κ2) is 9.09. The van der Waals surface area contributed by atoms with Crippen LogP contribution in [0.25, 0.3) is 21.9 Å². The van der Waals surface area contributed by atoms with Crippen LogP contribution >= 0.6 is 11.3 Å². The van der Waals surface area contributed by atoms with Crippen molar-refractivity contribution in [2.24, 2.45) is 0 Å². The number of hydrogen-bond acceptors (Lipinski definition) is 6. The van der Waals surface area contributed by atoms with Crippen molar-refractivity contribution in [3.8, 4) is 22.9 Å². The third-order valence-electron chi connectivity index (χ3n) is 5.69. The first-order valence-electron chi connectivity index (χ1n) is 10.6. The molecule has 5 nitrogen and oxygen atoms in total. The van der Waals surface area contributed by atoms with Crippen LogP contribution in [0.1, 0.15) is 35.9 Å². The first-order chi connectivity index (χ1) is 15.7. The minimum Gasteiger partial charge on any atom is -0.487 e. The molecule has 0 bridgehead atoms. The largest absolute Gasteiger partial charge is 0.487 e. The maximum absolute atomic E-state index is 9.91. The van der Waals surface area contributed by atoms with E-state index in [-0.39, 0.29) is 12.2 Å². The molecular formula is C26H22N2O3S. The number of aliphatic hydroxyl groups excluding tert-OH is 1. The van der Waals surface area contributed by atoms with Gasteiger partial charge >= 0.3 is 0 Å². The highest BCUT2D eigenvalue weighted by Crippen LogP contribution is 2.33. The molecule has 1 aliphatic rings. The normalized spacial score (nSPS) is 18.4. The molecule has 0 spiro atoms. The molecule has 2 unspecified atom stereocenters. The summed E-state index contributed by atoms with van der Waals surface area (Å²) in [5, 5.41) is 25.6. The quantitative estimate of drug-likeness (QED) is 0.434. The van der Waals surface area contributed by atoms with Gasteiger partial charge in [-0.25, -0.2) is 0 Å². The molecule has 2 aromatic carbocycles. The van der Waals surface area contributed by atoms with Gasteiger partial charge in [-0.1, -0.05) is 12.1 Å². The minimum absolute atomic E-state index is 0.181. The Kier molecular flexibility index (Phi) is 5.87. The molecular weight excluding hydrogens is 420 g/mol. The fourth-order valence-corrected chi connectivity index (χ4v) is 4.72. The zero-order valence-electron chi connectivity index (χ0n) is 17.4. The SMILES string of the molecule is N#Cc1cc(-c2ccsc2)c2ccc(OCc3cccc(C4CC(O)CCO4)n3)cc2c1. The number of rotatable bonds is 5. The summed E-state index contributed by atoms with van der Waals surface area (Å²) in [5.41, 5.74) is 4.41. The van der Waals surface area contributed by atoms with Crippen LogP contribution in [0, 0.1) is 11.3 Å². The van der Waals surface area contributed by atoms with E-state index >= 15 is 0 Å². The molecule has 160 valence electrons. The number of nitriles is 1. The Balaban J connectivity index is 1.37. The Morgan fingerprint density at radius 1 is 1.19 bits per heavy atom. The van der Waals surface area contributed by atoms with Gasteiger partial charge in [-0.3, -0.25) is 4.98 Å². The summed E-state index contributed by atoms with van der Waals surface area (Å²) in [4.78, 5) is 4.68. The predicted molar refractivity (Wildman–Crippen MR) is 124 cm³/mol. The van der Waals surface area contributed by atoms with E-state index in [4.69, 9.17) is 9.47 Å². The van der Waals surface area contributed by atoms with E-state index in [1.54, 1.807) is 11.3 Å². The van der Waals surface area contributed by atoms with E-state index < -0.39 is 0 Å². The van der Waals surface area contributed by atoms with E-state index in [9.17, 15) is 10.4 Å². The maximum atomic E-state index is 9.91. The van der Waals surface area contributed by atoms with E-state index in [0.717, 1.165) is 39.0 Å². The van der Waals surface area contributed by atoms with E-state index in [1.165, 1.54) is 0 Å². The molecule has 32 heavy (non-hydrogen) atoms. The van der Waals surface area contributed by atoms with Crippen LogP contribution in [-0.2, 0) is 11.3 Å². The fourth-order valence-electron chi connectivity index (χ4n) is 4.06. The van der Waals surface area contributed by atoms with Crippen molar-refractivity contribution in [1.29, 1.82) is 5.26 Å². The summed E-state index contributed by atoms with van der Waals surface area (Å²) in [5.74, 6) is 0.723. The molecule has 6 heteroatoms. The number of hydrogen-bond donors (Lipinski definition) is 1. The second-order valence-electron chi connectivity index (χ2n) is 7.91. The van der Waals surface area contributed by atoms with Crippen molar-refractivity contribution in [2.75, 3.05) is 6.61 Å². The summed E-state index contributed by atoms with van der Waals surface area (Å²) < 4.78 is 11.8. The van der Waals surface area contributed by atoms with Crippen LogP contribution in [0.3, 0.4) is 0 Å². The molecule has 1 N–H and O–H groups in total. The Labute approximate surface area is 190 Å². The zero-order valence-corrected chi connectivity index (χ0v) is 18.2. The molecule has 2 atom stereocenters. The van der Waals surface area contributed by atoms with Gasteiger partial charge < -0.3 is 14.6 Å². The Hall–Kier alpha value is -3.24. The molecule has 1 aliphatic heterocycles. The number of pyridine rings is 1. The van der Waals surface area contributed by atoms with E-state index in [1.807, 2.05) is 53.9 Å². The number of thiophene rings is 1. The molecule has 4 aromatic rings. The molecule has 0 radical (unpaired) electrons. The summed E-state index contributed by atoms with van der Waals surface area (Å²) in [6.45, 7) is 0.868. The first kappa shape index (κ1) is 20.7. The lowest BCUT2D eigenvalue weighted by atomic mass is 9.97. The standard InChI is InChI=1S/C26H22N2O3S/c27-14-17-10-19-12-22(4-5-23(19)24(11-17)18-7-9-32-16-18)31-15-20-2-1-3-25(28-20)26-13-21(29)6-8-30-26/h1-5,7,9-12,16,21,26,29H,6,8,13,15H2. The Morgan fingerprint density at radius 2 is 2.12 bits per heavy atom. The molecule has 0 aliphatic carbocycles. The van der Waals surface area contributed by atoms with Crippen molar-refractivity contribution in [1.82, 2.24) is 4.98 Å². The molecule has 0 saturated carbocycles. The lowest BCUT2D eigenvalue weighted by Crippen LogP contribution is -2.24. The summed E-state index contributed by atoms with van der Waals surface area (Å²) in [6.07, 6.45) is 0.711. The van der Waals surface area contributed by atoms with Crippen LogP contribution < -0.4 is 4.74 Å². The van der Waals surface area contributed by atoms with Gasteiger partial charge in [0.1, 0.15) is 18.5 Å². The average Bonchev–Trinajstić information content (AvgIpc) is 3.37. The number of aliphatic hydroxyl groups is 1. The Morgan fingerprint density at radius 3 is 2.94 bits per heavy atom. The van der Waals surface area contributed by atoms with Gasteiger partial charge in [0.05, 0.1) is 29.1 Å². The first-order valence-corrected chi connectivity index (χ1v) is 11.5. The van der Waals surface area contributed by atoms with E-state index in [2.05, 4.69) is 22.5 Å². The van der Waals surface area contributed by atoms with Gasteiger partial charge in [-0.2, -0.15) is 16.6 Å². The fraction of sp³-hybridized carbons (Fsp3) is 0.231. The van der Waals surface area contributed by atoms with Crippen LogP contribution in [0.4, 0.5) is 0 Å². The minimum atomic E-state index is -0.342. The molecule has 5 rings (SSSR count). The maximum Gasteiger partial charge on any atom is 0.130 e. The number of ether oxygens (including phenoxy) is 2. The van der Waals surface area contributed by atoms with Crippen molar-refractivity contribution in [2.45, 2.75) is 31.7 Å². The second-order valence-corrected chi connectivity index (χ2v) is 8.69. The highest BCUT2D eigenvalue weighted by molar-refractivity contribution is 7.08. The molecule has 1 saturated heterocycles. The van der Waals surface area contributed by atoms with Gasteiger partial charge in [0.25, 0.3) is 0 Å². The van der Waals surface area contributed by atoms with Gasteiger partial charge in [-0.05, 0) is 81.5 Å². The third kappa shape index (κ3) is 4.37.